The van der Waals surface area contributed by atoms with Crippen LogP contribution in [0.5, 0.6) is 0 Å². The summed E-state index contributed by atoms with van der Waals surface area (Å²) in [6.45, 7) is 4.86. The van der Waals surface area contributed by atoms with Crippen molar-refractivity contribution in [1.82, 2.24) is 9.78 Å². The first kappa shape index (κ1) is 14.2. The van der Waals surface area contributed by atoms with Gasteiger partial charge in [-0.3, -0.25) is 0 Å². The number of aromatic nitrogens is 2. The molecule has 20 heavy (non-hydrogen) atoms. The molecule has 2 rings (SSSR count). The minimum absolute atomic E-state index is 0.362. The van der Waals surface area contributed by atoms with Crippen molar-refractivity contribution in [1.29, 1.82) is 5.26 Å². The number of nitriles is 1. The number of halogens is 2. The van der Waals surface area contributed by atoms with Gasteiger partial charge in [-0.05, 0) is 18.2 Å². The number of nitrogens with zero attached hydrogens (tertiary/aromatic N) is 3. The monoisotopic (exact) mass is 281 g/mol. The Bertz CT molecular complexity index is 689. The summed E-state index contributed by atoms with van der Waals surface area (Å²) < 4.78 is 34.4. The molecule has 0 bridgehead atoms. The highest BCUT2D eigenvalue weighted by Crippen LogP contribution is 2.44. The molecule has 0 aliphatic heterocycles. The van der Waals surface area contributed by atoms with Gasteiger partial charge in [-0.15, -0.1) is 9.78 Å². The van der Waals surface area contributed by atoms with Gasteiger partial charge in [0.15, 0.2) is 5.67 Å². The number of hydrogen-bond donors (Lipinski definition) is 0. The van der Waals surface area contributed by atoms with Crippen molar-refractivity contribution in [3.63, 3.8) is 0 Å². The summed E-state index contributed by atoms with van der Waals surface area (Å²) in [5.41, 5.74) is -3.42. The summed E-state index contributed by atoms with van der Waals surface area (Å²) in [6, 6.07) is 1.59. The maximum atomic E-state index is 14.9. The molecule has 0 aromatic carbocycles. The fourth-order valence-electron chi connectivity index (χ4n) is 1.87. The first-order valence-electron chi connectivity index (χ1n) is 5.89. The van der Waals surface area contributed by atoms with Crippen molar-refractivity contribution >= 4 is 0 Å². The summed E-state index contributed by atoms with van der Waals surface area (Å²) in [5.74, 6) is -3.71. The van der Waals surface area contributed by atoms with Crippen LogP contribution in [0, 0.1) is 16.7 Å². The average molecular weight is 281 g/mol. The normalized spacial score (nSPS) is 29.9. The lowest BCUT2D eigenvalue weighted by atomic mass is 9.73. The van der Waals surface area contributed by atoms with E-state index in [4.69, 9.17) is 5.26 Å². The Morgan fingerprint density at radius 1 is 1.40 bits per heavy atom. The number of alkyl halides is 2. The lowest BCUT2D eigenvalue weighted by Crippen LogP contribution is -2.44. The molecule has 5 nitrogen and oxygen atoms in total. The Hall–Kier alpha value is -2.23. The predicted molar refractivity (Wildman–Crippen MR) is 66.0 cm³/mol. The van der Waals surface area contributed by atoms with Crippen molar-refractivity contribution in [2.24, 2.45) is 5.41 Å². The quantitative estimate of drug-likeness (QED) is 0.740. The zero-order chi connectivity index (χ0) is 15.2. The molecule has 0 amide bonds. The molecule has 0 spiro atoms. The highest BCUT2D eigenvalue weighted by Gasteiger charge is 2.48. The van der Waals surface area contributed by atoms with Crippen LogP contribution < -0.4 is 5.76 Å². The third-order valence-electron chi connectivity index (χ3n) is 3.35. The molecule has 0 N–H and O–H groups in total. The third kappa shape index (κ3) is 1.88. The summed E-state index contributed by atoms with van der Waals surface area (Å²) >= 11 is 0. The summed E-state index contributed by atoms with van der Waals surface area (Å²) in [7, 11) is 0. The molecule has 1 aliphatic carbocycles. The number of allylic oxidation sites excluding steroid dienone is 4. The fraction of sp³-hybridized carbons (Fsp3) is 0.462. The van der Waals surface area contributed by atoms with Crippen molar-refractivity contribution in [2.75, 3.05) is 0 Å². The van der Waals surface area contributed by atoms with Crippen LogP contribution in [0.4, 0.5) is 8.78 Å². The smallest absolute Gasteiger partial charge is 0.395 e. The van der Waals surface area contributed by atoms with E-state index in [2.05, 4.69) is 9.52 Å². The van der Waals surface area contributed by atoms with E-state index in [1.807, 2.05) is 0 Å². The first-order chi connectivity index (χ1) is 9.14. The molecule has 0 saturated heterocycles. The van der Waals surface area contributed by atoms with Gasteiger partial charge in [-0.25, -0.2) is 13.6 Å². The van der Waals surface area contributed by atoms with Gasteiger partial charge in [0, 0.05) is 5.41 Å². The van der Waals surface area contributed by atoms with Crippen LogP contribution in [0.25, 0.3) is 0 Å². The summed E-state index contributed by atoms with van der Waals surface area (Å²) in [5, 5.41) is 12.5. The van der Waals surface area contributed by atoms with E-state index >= 15 is 0 Å². The van der Waals surface area contributed by atoms with Crippen LogP contribution in [-0.2, 0) is 5.79 Å². The van der Waals surface area contributed by atoms with Crippen molar-refractivity contribution in [3.05, 3.63) is 40.7 Å². The van der Waals surface area contributed by atoms with Crippen LogP contribution in [0.15, 0.2) is 39.4 Å². The van der Waals surface area contributed by atoms with E-state index < -0.39 is 28.2 Å². The fourth-order valence-corrected chi connectivity index (χ4v) is 1.87. The van der Waals surface area contributed by atoms with Crippen molar-refractivity contribution in [2.45, 2.75) is 32.2 Å². The Kier molecular flexibility index (Phi) is 2.93. The summed E-state index contributed by atoms with van der Waals surface area (Å²) in [6.07, 6.45) is 3.46. The molecular weight excluding hydrogens is 268 g/mol. The van der Waals surface area contributed by atoms with Crippen LogP contribution in [0.3, 0.4) is 0 Å². The summed E-state index contributed by atoms with van der Waals surface area (Å²) in [4.78, 5) is 11.4. The SMILES string of the molecule is CC(C)(C)C1(F)C=CC(F)(n2ncoc2=O)C(C#N)=C1. The van der Waals surface area contributed by atoms with E-state index in [1.165, 1.54) is 0 Å². The second-order valence-corrected chi connectivity index (χ2v) is 5.61. The van der Waals surface area contributed by atoms with Gasteiger partial charge in [0.05, 0.1) is 5.57 Å². The van der Waals surface area contributed by atoms with E-state index in [-0.39, 0.29) is 0 Å². The molecular formula is C13H13F2N3O2. The van der Waals surface area contributed by atoms with Gasteiger partial charge in [0.25, 0.3) is 5.79 Å². The standard InChI is InChI=1S/C13H13F2N3O2/c1-11(2,3)12(14)4-5-13(15,9(6-12)7-16)18-10(19)20-8-17-18/h4-6,8H,1-3H3. The Morgan fingerprint density at radius 3 is 2.50 bits per heavy atom. The average Bonchev–Trinajstić information content (AvgIpc) is 2.78. The Morgan fingerprint density at radius 2 is 2.05 bits per heavy atom. The molecule has 2 unspecified atom stereocenters. The highest BCUT2D eigenvalue weighted by atomic mass is 19.2. The first-order valence-corrected chi connectivity index (χ1v) is 5.89. The second-order valence-electron chi connectivity index (χ2n) is 5.61. The van der Waals surface area contributed by atoms with Gasteiger partial charge in [-0.1, -0.05) is 20.8 Å². The van der Waals surface area contributed by atoms with Crippen LogP contribution in [-0.4, -0.2) is 15.4 Å². The van der Waals surface area contributed by atoms with Crippen molar-refractivity contribution < 1.29 is 13.2 Å². The van der Waals surface area contributed by atoms with E-state index in [1.54, 1.807) is 26.8 Å². The Balaban J connectivity index is 2.61. The van der Waals surface area contributed by atoms with Crippen LogP contribution in [0.2, 0.25) is 0 Å². The topological polar surface area (TPSA) is 71.8 Å². The van der Waals surface area contributed by atoms with Gasteiger partial charge < -0.3 is 4.42 Å². The zero-order valence-corrected chi connectivity index (χ0v) is 11.2. The maximum Gasteiger partial charge on any atom is 0.440 e. The zero-order valence-electron chi connectivity index (χ0n) is 11.2. The van der Waals surface area contributed by atoms with Crippen LogP contribution >= 0.6 is 0 Å². The molecule has 2 atom stereocenters. The molecule has 1 aromatic heterocycles. The minimum atomic E-state index is -2.64. The largest absolute Gasteiger partial charge is 0.440 e. The van der Waals surface area contributed by atoms with E-state index in [0.717, 1.165) is 24.6 Å². The molecule has 1 aliphatic rings. The molecule has 106 valence electrons. The van der Waals surface area contributed by atoms with Gasteiger partial charge in [-0.2, -0.15) is 5.26 Å². The highest BCUT2D eigenvalue weighted by molar-refractivity contribution is 5.43. The third-order valence-corrected chi connectivity index (χ3v) is 3.35. The maximum absolute atomic E-state index is 14.9. The second kappa shape index (κ2) is 4.13. The lowest BCUT2D eigenvalue weighted by Gasteiger charge is -2.37. The van der Waals surface area contributed by atoms with E-state index in [0.29, 0.717) is 4.68 Å². The predicted octanol–water partition coefficient (Wildman–Crippen LogP) is 2.23. The van der Waals surface area contributed by atoms with Crippen molar-refractivity contribution in [3.8, 4) is 6.07 Å². The number of hydrogen-bond acceptors (Lipinski definition) is 4. The number of rotatable bonds is 1. The van der Waals surface area contributed by atoms with Gasteiger partial charge >= 0.3 is 5.76 Å². The molecule has 0 fully saturated rings. The molecule has 1 aromatic rings. The van der Waals surface area contributed by atoms with Gasteiger partial charge in [0.1, 0.15) is 6.07 Å². The lowest BCUT2D eigenvalue weighted by molar-refractivity contribution is 0.101. The Labute approximate surface area is 113 Å². The molecule has 7 heteroatoms. The molecule has 0 saturated carbocycles. The van der Waals surface area contributed by atoms with E-state index in [9.17, 15) is 13.6 Å². The molecule has 1 heterocycles. The minimum Gasteiger partial charge on any atom is -0.395 e. The van der Waals surface area contributed by atoms with Gasteiger partial charge in [0.2, 0.25) is 6.39 Å². The molecule has 0 radical (unpaired) electrons. The van der Waals surface area contributed by atoms with Crippen LogP contribution in [0.1, 0.15) is 20.8 Å².